The molecule has 0 bridgehead atoms. The van der Waals surface area contributed by atoms with Crippen molar-refractivity contribution in [2.75, 3.05) is 13.2 Å². The zero-order valence-electron chi connectivity index (χ0n) is 15.2. The minimum absolute atomic E-state index is 0.0570. The molecule has 0 spiro atoms. The zero-order chi connectivity index (χ0) is 18.2. The van der Waals surface area contributed by atoms with Crippen molar-refractivity contribution >= 4 is 7.82 Å². The van der Waals surface area contributed by atoms with Crippen LogP contribution in [0.4, 0.5) is 0 Å². The van der Waals surface area contributed by atoms with Crippen LogP contribution >= 0.6 is 7.82 Å². The van der Waals surface area contributed by atoms with Gasteiger partial charge in [-0.3, -0.25) is 4.52 Å². The lowest BCUT2D eigenvalue weighted by molar-refractivity contribution is -0.692. The van der Waals surface area contributed by atoms with E-state index < -0.39 is 13.9 Å². The van der Waals surface area contributed by atoms with Crippen molar-refractivity contribution < 1.29 is 43.3 Å². The molecule has 0 aromatic carbocycles. The molecule has 1 rings (SSSR count). The highest BCUT2D eigenvalue weighted by atomic mass is 31.2. The summed E-state index contributed by atoms with van der Waals surface area (Å²) in [6.07, 6.45) is 11.4. The Kier molecular flexibility index (Phi) is 13.8. The standard InChI is InChI=1S/C15H31O9P/c1-3-4-5-6-7-8-9-10-11-12-13-17-23-25(16)19-15(2)14-18-20-21-22-24-25/h15H,3-14H2,1-2H3. The molecule has 1 saturated heterocycles. The fourth-order valence-corrected chi connectivity index (χ4v) is 3.15. The molecule has 10 heteroatoms. The van der Waals surface area contributed by atoms with Crippen LogP contribution in [0.3, 0.4) is 0 Å². The Morgan fingerprint density at radius 1 is 0.920 bits per heavy atom. The number of hydrogen-bond donors (Lipinski definition) is 0. The first-order valence-corrected chi connectivity index (χ1v) is 10.5. The zero-order valence-corrected chi connectivity index (χ0v) is 16.1. The fraction of sp³-hybridized carbons (Fsp3) is 1.00. The third kappa shape index (κ3) is 12.8. The summed E-state index contributed by atoms with van der Waals surface area (Å²) < 4.78 is 26.3. The predicted molar refractivity (Wildman–Crippen MR) is 87.3 cm³/mol. The average Bonchev–Trinajstić information content (AvgIpc) is 2.66. The van der Waals surface area contributed by atoms with E-state index in [1.54, 1.807) is 6.92 Å². The molecule has 9 nitrogen and oxygen atoms in total. The lowest BCUT2D eigenvalue weighted by Gasteiger charge is -2.16. The second kappa shape index (κ2) is 15.0. The molecule has 0 radical (unpaired) electrons. The van der Waals surface area contributed by atoms with Gasteiger partial charge in [0.2, 0.25) is 0 Å². The van der Waals surface area contributed by atoms with E-state index in [9.17, 15) is 4.57 Å². The molecule has 0 saturated carbocycles. The van der Waals surface area contributed by atoms with E-state index in [4.69, 9.17) is 14.1 Å². The summed E-state index contributed by atoms with van der Waals surface area (Å²) in [5, 5.41) is 12.1. The summed E-state index contributed by atoms with van der Waals surface area (Å²) >= 11 is 0. The van der Waals surface area contributed by atoms with E-state index in [0.717, 1.165) is 19.3 Å². The Labute approximate surface area is 149 Å². The maximum absolute atomic E-state index is 12.1. The fourth-order valence-electron chi connectivity index (χ4n) is 2.25. The van der Waals surface area contributed by atoms with Crippen molar-refractivity contribution in [2.24, 2.45) is 0 Å². The van der Waals surface area contributed by atoms with Gasteiger partial charge in [0.25, 0.3) is 0 Å². The number of unbranched alkanes of at least 4 members (excludes halogenated alkanes) is 9. The average molecular weight is 386 g/mol. The van der Waals surface area contributed by atoms with E-state index in [1.807, 2.05) is 0 Å². The molecule has 25 heavy (non-hydrogen) atoms. The van der Waals surface area contributed by atoms with E-state index in [0.29, 0.717) is 0 Å². The Morgan fingerprint density at radius 2 is 1.56 bits per heavy atom. The van der Waals surface area contributed by atoms with Crippen LogP contribution in [-0.4, -0.2) is 19.3 Å². The van der Waals surface area contributed by atoms with Gasteiger partial charge >= 0.3 is 7.82 Å². The van der Waals surface area contributed by atoms with Crippen LogP contribution in [-0.2, 0) is 43.3 Å². The summed E-state index contributed by atoms with van der Waals surface area (Å²) in [5.74, 6) is 0. The molecular formula is C15H31O9P. The Balaban J connectivity index is 1.99. The van der Waals surface area contributed by atoms with Crippen LogP contribution < -0.4 is 0 Å². The molecular weight excluding hydrogens is 355 g/mol. The second-order valence-electron chi connectivity index (χ2n) is 6.00. The highest BCUT2D eigenvalue weighted by molar-refractivity contribution is 7.48. The first kappa shape index (κ1) is 23.0. The van der Waals surface area contributed by atoms with E-state index in [1.165, 1.54) is 44.9 Å². The molecule has 0 aromatic heterocycles. The Bertz CT molecular complexity index is 356. The maximum atomic E-state index is 12.1. The van der Waals surface area contributed by atoms with Crippen molar-refractivity contribution in [1.82, 2.24) is 0 Å². The molecule has 1 aliphatic heterocycles. The first-order valence-electron chi connectivity index (χ1n) is 9.07. The van der Waals surface area contributed by atoms with Crippen LogP contribution in [0.5, 0.6) is 0 Å². The molecule has 2 unspecified atom stereocenters. The van der Waals surface area contributed by atoms with Gasteiger partial charge in [0.05, 0.1) is 12.7 Å². The van der Waals surface area contributed by atoms with E-state index in [-0.39, 0.29) is 13.2 Å². The monoisotopic (exact) mass is 386 g/mol. The van der Waals surface area contributed by atoms with E-state index >= 15 is 0 Å². The largest absolute Gasteiger partial charge is 0.532 e. The van der Waals surface area contributed by atoms with Crippen LogP contribution in [0, 0.1) is 0 Å². The summed E-state index contributed by atoms with van der Waals surface area (Å²) in [7, 11) is -4.08. The lowest BCUT2D eigenvalue weighted by atomic mass is 10.1. The van der Waals surface area contributed by atoms with Crippen LogP contribution in [0.15, 0.2) is 0 Å². The van der Waals surface area contributed by atoms with E-state index in [2.05, 4.69) is 31.6 Å². The van der Waals surface area contributed by atoms with Crippen LogP contribution in [0.2, 0.25) is 0 Å². The molecule has 1 aliphatic rings. The van der Waals surface area contributed by atoms with Crippen molar-refractivity contribution in [3.8, 4) is 0 Å². The van der Waals surface area contributed by atoms with Gasteiger partial charge in [-0.1, -0.05) is 69.4 Å². The minimum Gasteiger partial charge on any atom is -0.278 e. The molecule has 1 heterocycles. The quantitative estimate of drug-likeness (QED) is 0.185. The highest BCUT2D eigenvalue weighted by Gasteiger charge is 2.35. The van der Waals surface area contributed by atoms with Crippen molar-refractivity contribution in [2.45, 2.75) is 84.2 Å². The van der Waals surface area contributed by atoms with Crippen LogP contribution in [0.25, 0.3) is 0 Å². The van der Waals surface area contributed by atoms with Crippen molar-refractivity contribution in [3.05, 3.63) is 0 Å². The van der Waals surface area contributed by atoms with Gasteiger partial charge < -0.3 is 0 Å². The third-order valence-electron chi connectivity index (χ3n) is 3.56. The van der Waals surface area contributed by atoms with Gasteiger partial charge in [-0.15, -0.1) is 4.67 Å². The van der Waals surface area contributed by atoms with Crippen LogP contribution in [0.1, 0.15) is 78.1 Å². The highest BCUT2D eigenvalue weighted by Crippen LogP contribution is 2.51. The summed E-state index contributed by atoms with van der Waals surface area (Å²) in [6.45, 7) is 4.02. The minimum atomic E-state index is -4.08. The van der Waals surface area contributed by atoms with Gasteiger partial charge in [-0.2, -0.15) is 0 Å². The van der Waals surface area contributed by atoms with Crippen molar-refractivity contribution in [3.63, 3.8) is 0 Å². The predicted octanol–water partition coefficient (Wildman–Crippen LogP) is 5.13. The maximum Gasteiger partial charge on any atom is 0.532 e. The van der Waals surface area contributed by atoms with Gasteiger partial charge in [0.1, 0.15) is 6.61 Å². The van der Waals surface area contributed by atoms with Gasteiger partial charge in [0, 0.05) is 0 Å². The summed E-state index contributed by atoms with van der Waals surface area (Å²) in [5.41, 5.74) is 0. The van der Waals surface area contributed by atoms with Gasteiger partial charge in [0.15, 0.2) is 0 Å². The Morgan fingerprint density at radius 3 is 2.24 bits per heavy atom. The molecule has 0 N–H and O–H groups in total. The summed E-state index contributed by atoms with van der Waals surface area (Å²) in [6, 6.07) is 0. The normalized spacial score (nSPS) is 25.3. The Hall–Kier alpha value is -0.0900. The molecule has 2 atom stereocenters. The van der Waals surface area contributed by atoms with Gasteiger partial charge in [-0.05, 0) is 28.5 Å². The molecule has 0 amide bonds. The molecule has 0 aromatic rings. The number of rotatable bonds is 13. The molecule has 1 fully saturated rings. The first-order chi connectivity index (χ1) is 12.2. The molecule has 0 aliphatic carbocycles. The molecule has 150 valence electrons. The third-order valence-corrected chi connectivity index (χ3v) is 4.71. The van der Waals surface area contributed by atoms with Gasteiger partial charge in [-0.25, -0.2) is 14.3 Å². The lowest BCUT2D eigenvalue weighted by Crippen LogP contribution is -2.15. The summed E-state index contributed by atoms with van der Waals surface area (Å²) in [4.78, 5) is 9.41. The SMILES string of the molecule is CCCCCCCCCCCCOOP1(=O)OOOOOCC(C)O1. The topological polar surface area (TPSA) is 90.9 Å². The smallest absolute Gasteiger partial charge is 0.278 e. The van der Waals surface area contributed by atoms with Crippen molar-refractivity contribution in [1.29, 1.82) is 0 Å². The second-order valence-corrected chi connectivity index (χ2v) is 7.41. The number of phosphoric acid groups is 1. The number of hydrogen-bond acceptors (Lipinski definition) is 9.